The number of aromatic hydroxyl groups is 1. The lowest BCUT2D eigenvalue weighted by Gasteiger charge is -2.04. The molecule has 0 aliphatic rings. The van der Waals surface area contributed by atoms with Crippen LogP contribution in [0.15, 0.2) is 42.5 Å². The standard InChI is InChI=1S/C16H12F2O3/c1-21-13-3-4-14(16(20)9-13)15(19)5-2-10-6-11(17)8-12(18)7-10/h2-9,20H,1H3/b5-2+. The van der Waals surface area contributed by atoms with Crippen molar-refractivity contribution in [3.8, 4) is 11.5 Å². The Morgan fingerprint density at radius 3 is 2.38 bits per heavy atom. The van der Waals surface area contributed by atoms with Gasteiger partial charge in [0.2, 0.25) is 0 Å². The third-order valence-corrected chi connectivity index (χ3v) is 2.78. The summed E-state index contributed by atoms with van der Waals surface area (Å²) in [6.07, 6.45) is 2.41. The van der Waals surface area contributed by atoms with Crippen LogP contribution in [0.5, 0.6) is 11.5 Å². The lowest BCUT2D eigenvalue weighted by molar-refractivity contribution is 0.104. The first kappa shape index (κ1) is 14.7. The molecule has 0 spiro atoms. The van der Waals surface area contributed by atoms with Gasteiger partial charge in [-0.2, -0.15) is 0 Å². The number of carbonyl (C=O) groups is 1. The molecule has 3 nitrogen and oxygen atoms in total. The fraction of sp³-hybridized carbons (Fsp3) is 0.0625. The van der Waals surface area contributed by atoms with Crippen LogP contribution in [-0.2, 0) is 0 Å². The number of hydrogen-bond acceptors (Lipinski definition) is 3. The summed E-state index contributed by atoms with van der Waals surface area (Å²) in [5.74, 6) is -1.75. The zero-order chi connectivity index (χ0) is 15.4. The van der Waals surface area contributed by atoms with E-state index in [9.17, 15) is 18.7 Å². The molecule has 1 N–H and O–H groups in total. The predicted octanol–water partition coefficient (Wildman–Crippen LogP) is 3.58. The summed E-state index contributed by atoms with van der Waals surface area (Å²) in [5.41, 5.74) is 0.290. The Labute approximate surface area is 120 Å². The fourth-order valence-electron chi connectivity index (χ4n) is 1.78. The number of carbonyl (C=O) groups excluding carboxylic acids is 1. The molecule has 108 valence electrons. The fourth-order valence-corrected chi connectivity index (χ4v) is 1.78. The van der Waals surface area contributed by atoms with Crippen molar-refractivity contribution in [3.05, 3.63) is 65.2 Å². The van der Waals surface area contributed by atoms with E-state index >= 15 is 0 Å². The van der Waals surface area contributed by atoms with E-state index in [0.29, 0.717) is 5.75 Å². The highest BCUT2D eigenvalue weighted by atomic mass is 19.1. The third kappa shape index (κ3) is 3.66. The number of halogens is 2. The summed E-state index contributed by atoms with van der Waals surface area (Å²) >= 11 is 0. The van der Waals surface area contributed by atoms with Gasteiger partial charge < -0.3 is 9.84 Å². The SMILES string of the molecule is COc1ccc(C(=O)/C=C/c2cc(F)cc(F)c2)c(O)c1. The van der Waals surface area contributed by atoms with Crippen LogP contribution < -0.4 is 4.74 Å². The predicted molar refractivity (Wildman–Crippen MR) is 74.4 cm³/mol. The minimum atomic E-state index is -0.727. The maximum atomic E-state index is 13.0. The van der Waals surface area contributed by atoms with Crippen molar-refractivity contribution in [1.82, 2.24) is 0 Å². The highest BCUT2D eigenvalue weighted by molar-refractivity contribution is 6.08. The second kappa shape index (κ2) is 6.17. The van der Waals surface area contributed by atoms with Gasteiger partial charge in [0.25, 0.3) is 0 Å². The van der Waals surface area contributed by atoms with Crippen molar-refractivity contribution in [2.45, 2.75) is 0 Å². The summed E-state index contributed by atoms with van der Waals surface area (Å²) in [7, 11) is 1.44. The number of allylic oxidation sites excluding steroid dienone is 1. The van der Waals surface area contributed by atoms with Crippen molar-refractivity contribution >= 4 is 11.9 Å². The first-order chi connectivity index (χ1) is 9.99. The number of phenolic OH excluding ortho intramolecular Hbond substituents is 1. The molecule has 0 saturated heterocycles. The molecule has 2 aromatic carbocycles. The Morgan fingerprint density at radius 1 is 1.14 bits per heavy atom. The van der Waals surface area contributed by atoms with Crippen molar-refractivity contribution < 1.29 is 23.4 Å². The molecule has 0 atom stereocenters. The second-order valence-electron chi connectivity index (χ2n) is 4.28. The van der Waals surface area contributed by atoms with Gasteiger partial charge in [0.05, 0.1) is 12.7 Å². The molecule has 0 saturated carbocycles. The minimum absolute atomic E-state index is 0.0731. The van der Waals surface area contributed by atoms with E-state index in [0.717, 1.165) is 24.3 Å². The number of ketones is 1. The molecule has 0 aromatic heterocycles. The van der Waals surface area contributed by atoms with E-state index in [4.69, 9.17) is 4.74 Å². The summed E-state index contributed by atoms with van der Waals surface area (Å²) in [4.78, 5) is 11.9. The van der Waals surface area contributed by atoms with Crippen molar-refractivity contribution in [2.24, 2.45) is 0 Å². The van der Waals surface area contributed by atoms with Crippen LogP contribution in [0.1, 0.15) is 15.9 Å². The van der Waals surface area contributed by atoms with Crippen LogP contribution >= 0.6 is 0 Å². The van der Waals surface area contributed by atoms with E-state index < -0.39 is 17.4 Å². The molecule has 5 heteroatoms. The maximum absolute atomic E-state index is 13.0. The molecule has 0 unspecified atom stereocenters. The summed E-state index contributed by atoms with van der Waals surface area (Å²) in [6, 6.07) is 7.19. The average Bonchev–Trinajstić information content (AvgIpc) is 2.43. The van der Waals surface area contributed by atoms with E-state index in [1.165, 1.54) is 31.4 Å². The molecular weight excluding hydrogens is 278 g/mol. The van der Waals surface area contributed by atoms with Crippen LogP contribution in [0.4, 0.5) is 8.78 Å². The quantitative estimate of drug-likeness (QED) is 0.691. The first-order valence-electron chi connectivity index (χ1n) is 6.05. The van der Waals surface area contributed by atoms with E-state index in [2.05, 4.69) is 0 Å². The van der Waals surface area contributed by atoms with Crippen LogP contribution in [0.2, 0.25) is 0 Å². The Hall–Kier alpha value is -2.69. The maximum Gasteiger partial charge on any atom is 0.189 e. The summed E-state index contributed by atoms with van der Waals surface area (Å²) in [6.45, 7) is 0. The molecular formula is C16H12F2O3. The molecule has 0 bridgehead atoms. The van der Waals surface area contributed by atoms with E-state index in [1.807, 2.05) is 0 Å². The molecule has 2 aromatic rings. The van der Waals surface area contributed by atoms with Gasteiger partial charge in [0.1, 0.15) is 23.1 Å². The number of benzene rings is 2. The van der Waals surface area contributed by atoms with Crippen molar-refractivity contribution in [1.29, 1.82) is 0 Å². The number of rotatable bonds is 4. The smallest absolute Gasteiger partial charge is 0.189 e. The topological polar surface area (TPSA) is 46.5 Å². The van der Waals surface area contributed by atoms with Gasteiger partial charge in [-0.15, -0.1) is 0 Å². The van der Waals surface area contributed by atoms with Crippen LogP contribution in [-0.4, -0.2) is 18.0 Å². The normalized spacial score (nSPS) is 10.8. The van der Waals surface area contributed by atoms with Gasteiger partial charge in [-0.1, -0.05) is 6.08 Å². The van der Waals surface area contributed by atoms with Gasteiger partial charge in [-0.25, -0.2) is 8.78 Å². The van der Waals surface area contributed by atoms with E-state index in [-0.39, 0.29) is 16.9 Å². The highest BCUT2D eigenvalue weighted by Crippen LogP contribution is 2.24. The average molecular weight is 290 g/mol. The van der Waals surface area contributed by atoms with Crippen LogP contribution in [0.25, 0.3) is 6.08 Å². The number of methoxy groups -OCH3 is 1. The molecule has 0 heterocycles. The Bertz CT molecular complexity index is 688. The minimum Gasteiger partial charge on any atom is -0.507 e. The largest absolute Gasteiger partial charge is 0.507 e. The zero-order valence-electron chi connectivity index (χ0n) is 11.1. The number of ether oxygens (including phenoxy) is 1. The highest BCUT2D eigenvalue weighted by Gasteiger charge is 2.09. The van der Waals surface area contributed by atoms with Gasteiger partial charge in [-0.3, -0.25) is 4.79 Å². The molecule has 2 rings (SSSR count). The Balaban J connectivity index is 2.23. The monoisotopic (exact) mass is 290 g/mol. The lowest BCUT2D eigenvalue weighted by atomic mass is 10.1. The van der Waals surface area contributed by atoms with Crippen LogP contribution in [0.3, 0.4) is 0 Å². The molecule has 0 fully saturated rings. The molecule has 0 amide bonds. The molecule has 0 aliphatic heterocycles. The van der Waals surface area contributed by atoms with Crippen LogP contribution in [0, 0.1) is 11.6 Å². The Morgan fingerprint density at radius 2 is 1.81 bits per heavy atom. The van der Waals surface area contributed by atoms with Crippen molar-refractivity contribution in [3.63, 3.8) is 0 Å². The summed E-state index contributed by atoms with van der Waals surface area (Å²) < 4.78 is 30.9. The zero-order valence-corrected chi connectivity index (χ0v) is 11.1. The lowest BCUT2D eigenvalue weighted by Crippen LogP contribution is -1.95. The second-order valence-corrected chi connectivity index (χ2v) is 4.28. The van der Waals surface area contributed by atoms with Gasteiger partial charge >= 0.3 is 0 Å². The van der Waals surface area contributed by atoms with Crippen molar-refractivity contribution in [2.75, 3.05) is 7.11 Å². The summed E-state index contributed by atoms with van der Waals surface area (Å²) in [5, 5.41) is 9.72. The number of phenols is 1. The number of hydrogen-bond donors (Lipinski definition) is 1. The van der Waals surface area contributed by atoms with Gasteiger partial charge in [0.15, 0.2) is 5.78 Å². The molecule has 21 heavy (non-hydrogen) atoms. The van der Waals surface area contributed by atoms with Gasteiger partial charge in [0, 0.05) is 12.1 Å². The first-order valence-corrected chi connectivity index (χ1v) is 6.05. The third-order valence-electron chi connectivity index (χ3n) is 2.78. The molecule has 0 aliphatic carbocycles. The molecule has 0 radical (unpaired) electrons. The Kier molecular flexibility index (Phi) is 4.33. The van der Waals surface area contributed by atoms with E-state index in [1.54, 1.807) is 0 Å². The van der Waals surface area contributed by atoms with Gasteiger partial charge in [-0.05, 0) is 35.9 Å².